The lowest BCUT2D eigenvalue weighted by Crippen LogP contribution is -2.24. The van der Waals surface area contributed by atoms with E-state index in [0.717, 1.165) is 12.3 Å². The van der Waals surface area contributed by atoms with E-state index < -0.39 is 18.0 Å². The third-order valence-corrected chi connectivity index (χ3v) is 4.29. The number of esters is 2. The minimum atomic E-state index is -0.524. The van der Waals surface area contributed by atoms with Crippen LogP contribution in [0.2, 0.25) is 0 Å². The number of ether oxygens (including phenoxy) is 3. The number of carbonyl (C=O) groups is 2. The fourth-order valence-corrected chi connectivity index (χ4v) is 3.20. The molecule has 5 nitrogen and oxygen atoms in total. The van der Waals surface area contributed by atoms with Gasteiger partial charge in [-0.3, -0.25) is 4.79 Å². The van der Waals surface area contributed by atoms with Gasteiger partial charge in [-0.25, -0.2) is 4.79 Å². The lowest BCUT2D eigenvalue weighted by molar-refractivity contribution is -0.166. The molecule has 0 spiro atoms. The number of hydrogen-bond donors (Lipinski definition) is 0. The number of rotatable bonds is 7. The molecule has 0 aromatic heterocycles. The van der Waals surface area contributed by atoms with Crippen molar-refractivity contribution in [2.45, 2.75) is 58.2 Å². The first-order valence-electron chi connectivity index (χ1n) is 7.59. The predicted molar refractivity (Wildman–Crippen MR) is 76.3 cm³/mol. The molecule has 0 aromatic rings. The first-order chi connectivity index (χ1) is 9.95. The van der Waals surface area contributed by atoms with E-state index in [9.17, 15) is 9.59 Å². The highest BCUT2D eigenvalue weighted by molar-refractivity contribution is 5.87. The first kappa shape index (κ1) is 16.0. The summed E-state index contributed by atoms with van der Waals surface area (Å²) in [6.45, 7) is 6.70. The van der Waals surface area contributed by atoms with Gasteiger partial charge in [0.15, 0.2) is 6.79 Å². The molecule has 2 bridgehead atoms. The van der Waals surface area contributed by atoms with Crippen LogP contribution in [0.3, 0.4) is 0 Å². The number of hydrogen-bond acceptors (Lipinski definition) is 5. The van der Waals surface area contributed by atoms with Crippen LogP contribution >= 0.6 is 0 Å². The van der Waals surface area contributed by atoms with Crippen molar-refractivity contribution >= 4 is 11.9 Å². The summed E-state index contributed by atoms with van der Waals surface area (Å²) in [5, 5.41) is 0. The molecule has 2 saturated carbocycles. The van der Waals surface area contributed by atoms with Gasteiger partial charge in [-0.1, -0.05) is 6.58 Å². The Morgan fingerprint density at radius 1 is 1.29 bits per heavy atom. The van der Waals surface area contributed by atoms with E-state index in [0.29, 0.717) is 11.5 Å². The van der Waals surface area contributed by atoms with Gasteiger partial charge in [0.1, 0.15) is 6.10 Å². The largest absolute Gasteiger partial charge is 0.459 e. The van der Waals surface area contributed by atoms with Crippen LogP contribution in [-0.2, 0) is 23.8 Å². The van der Waals surface area contributed by atoms with E-state index in [1.165, 1.54) is 19.3 Å². The Labute approximate surface area is 125 Å². The molecule has 0 aliphatic heterocycles. The highest BCUT2D eigenvalue weighted by atomic mass is 16.7. The molecule has 2 fully saturated rings. The van der Waals surface area contributed by atoms with Crippen LogP contribution in [0.4, 0.5) is 0 Å². The second-order valence-electron chi connectivity index (χ2n) is 6.21. The quantitative estimate of drug-likeness (QED) is 0.410. The van der Waals surface area contributed by atoms with E-state index in [1.54, 1.807) is 13.8 Å². The smallest absolute Gasteiger partial charge is 0.333 e. The molecule has 4 atom stereocenters. The van der Waals surface area contributed by atoms with E-state index in [-0.39, 0.29) is 19.3 Å². The van der Waals surface area contributed by atoms with Crippen LogP contribution in [0.15, 0.2) is 12.2 Å². The predicted octanol–water partition coefficient (Wildman–Crippen LogP) is 2.59. The standard InChI is InChI=1S/C16H24O5/c1-10(2)16(18)21-11(3)6-15(17)20-9-19-14-8-12-4-5-13(14)7-12/h11-14H,1,4-9H2,2-3H3. The summed E-state index contributed by atoms with van der Waals surface area (Å²) in [5.74, 6) is 0.537. The first-order valence-corrected chi connectivity index (χ1v) is 7.59. The van der Waals surface area contributed by atoms with Crippen LogP contribution in [0.5, 0.6) is 0 Å². The molecule has 0 aromatic carbocycles. The van der Waals surface area contributed by atoms with Crippen LogP contribution in [0.1, 0.15) is 46.0 Å². The topological polar surface area (TPSA) is 61.8 Å². The van der Waals surface area contributed by atoms with E-state index >= 15 is 0 Å². The lowest BCUT2D eigenvalue weighted by Gasteiger charge is -2.21. The lowest BCUT2D eigenvalue weighted by atomic mass is 9.98. The summed E-state index contributed by atoms with van der Waals surface area (Å²) in [5.41, 5.74) is 0.315. The van der Waals surface area contributed by atoms with Crippen molar-refractivity contribution in [1.29, 1.82) is 0 Å². The zero-order valence-corrected chi connectivity index (χ0v) is 12.8. The summed E-state index contributed by atoms with van der Waals surface area (Å²) >= 11 is 0. The third-order valence-electron chi connectivity index (χ3n) is 4.29. The van der Waals surface area contributed by atoms with Crippen LogP contribution in [0, 0.1) is 11.8 Å². The van der Waals surface area contributed by atoms with Gasteiger partial charge in [0, 0.05) is 5.57 Å². The van der Waals surface area contributed by atoms with Gasteiger partial charge in [0.25, 0.3) is 0 Å². The highest BCUT2D eigenvalue weighted by Gasteiger charge is 2.40. The van der Waals surface area contributed by atoms with Gasteiger partial charge in [-0.15, -0.1) is 0 Å². The van der Waals surface area contributed by atoms with E-state index in [2.05, 4.69) is 6.58 Å². The second-order valence-corrected chi connectivity index (χ2v) is 6.21. The fourth-order valence-electron chi connectivity index (χ4n) is 3.20. The maximum Gasteiger partial charge on any atom is 0.333 e. The van der Waals surface area contributed by atoms with Crippen LogP contribution in [-0.4, -0.2) is 30.9 Å². The number of carbonyl (C=O) groups excluding carboxylic acids is 2. The zero-order chi connectivity index (χ0) is 15.4. The molecule has 2 aliphatic carbocycles. The minimum Gasteiger partial charge on any atom is -0.459 e. The Hall–Kier alpha value is -1.36. The van der Waals surface area contributed by atoms with Crippen molar-refractivity contribution in [1.82, 2.24) is 0 Å². The molecule has 21 heavy (non-hydrogen) atoms. The molecule has 2 aliphatic rings. The summed E-state index contributed by atoms with van der Waals surface area (Å²) in [6, 6.07) is 0. The van der Waals surface area contributed by atoms with Crippen molar-refractivity contribution in [3.63, 3.8) is 0 Å². The third kappa shape index (κ3) is 4.56. The van der Waals surface area contributed by atoms with Gasteiger partial charge in [0.2, 0.25) is 0 Å². The molecular weight excluding hydrogens is 272 g/mol. The van der Waals surface area contributed by atoms with E-state index in [1.807, 2.05) is 0 Å². The highest BCUT2D eigenvalue weighted by Crippen LogP contribution is 2.45. The molecule has 5 heteroatoms. The Morgan fingerprint density at radius 3 is 2.62 bits per heavy atom. The molecule has 0 N–H and O–H groups in total. The Bertz CT molecular complexity index is 417. The Balaban J connectivity index is 1.59. The molecule has 0 saturated heterocycles. The molecular formula is C16H24O5. The minimum absolute atomic E-state index is 0.00608. The maximum atomic E-state index is 11.6. The van der Waals surface area contributed by atoms with Crippen LogP contribution in [0.25, 0.3) is 0 Å². The van der Waals surface area contributed by atoms with Crippen molar-refractivity contribution < 1.29 is 23.8 Å². The Morgan fingerprint density at radius 2 is 2.05 bits per heavy atom. The second kappa shape index (κ2) is 7.07. The summed E-state index contributed by atoms with van der Waals surface area (Å²) in [6.07, 6.45) is 4.65. The normalized spacial score (nSPS) is 28.2. The average Bonchev–Trinajstić information content (AvgIpc) is 3.00. The molecule has 2 rings (SSSR count). The Kier molecular flexibility index (Phi) is 5.39. The SMILES string of the molecule is C=C(C)C(=O)OC(C)CC(=O)OCOC1CC2CCC1C2. The summed E-state index contributed by atoms with van der Waals surface area (Å²) in [7, 11) is 0. The molecule has 0 heterocycles. The van der Waals surface area contributed by atoms with Gasteiger partial charge in [0.05, 0.1) is 12.5 Å². The van der Waals surface area contributed by atoms with Gasteiger partial charge in [-0.2, -0.15) is 0 Å². The monoisotopic (exact) mass is 296 g/mol. The summed E-state index contributed by atoms with van der Waals surface area (Å²) < 4.78 is 15.7. The van der Waals surface area contributed by atoms with Crippen molar-refractivity contribution in [2.75, 3.05) is 6.79 Å². The molecule has 4 unspecified atom stereocenters. The van der Waals surface area contributed by atoms with Gasteiger partial charge < -0.3 is 14.2 Å². The maximum absolute atomic E-state index is 11.6. The summed E-state index contributed by atoms with van der Waals surface area (Å²) in [4.78, 5) is 22.9. The van der Waals surface area contributed by atoms with Crippen molar-refractivity contribution in [3.8, 4) is 0 Å². The molecule has 0 amide bonds. The average molecular weight is 296 g/mol. The van der Waals surface area contributed by atoms with E-state index in [4.69, 9.17) is 14.2 Å². The fraction of sp³-hybridized carbons (Fsp3) is 0.750. The van der Waals surface area contributed by atoms with Crippen molar-refractivity contribution in [3.05, 3.63) is 12.2 Å². The van der Waals surface area contributed by atoms with Crippen LogP contribution < -0.4 is 0 Å². The molecule has 118 valence electrons. The number of fused-ring (bicyclic) bond motifs is 2. The van der Waals surface area contributed by atoms with Crippen molar-refractivity contribution in [2.24, 2.45) is 11.8 Å². The zero-order valence-electron chi connectivity index (χ0n) is 12.8. The molecule has 0 radical (unpaired) electrons. The van der Waals surface area contributed by atoms with Gasteiger partial charge >= 0.3 is 11.9 Å². The van der Waals surface area contributed by atoms with Gasteiger partial charge in [-0.05, 0) is 51.4 Å².